The fourth-order valence-corrected chi connectivity index (χ4v) is 1.32. The summed E-state index contributed by atoms with van der Waals surface area (Å²) in [5, 5.41) is 17.8. The van der Waals surface area contributed by atoms with Crippen molar-refractivity contribution >= 4 is 10.1 Å². The van der Waals surface area contributed by atoms with Crippen LogP contribution in [0.3, 0.4) is 0 Å². The molecule has 1 rings (SSSR count). The zero-order valence-electron chi connectivity index (χ0n) is 6.34. The molecular weight excluding hydrogens is 198 g/mol. The van der Waals surface area contributed by atoms with E-state index in [0.29, 0.717) is 0 Å². The van der Waals surface area contributed by atoms with Crippen LogP contribution in [-0.4, -0.2) is 18.6 Å². The Bertz CT molecular complexity index is 413. The Morgan fingerprint density at radius 1 is 1.23 bits per heavy atom. The first-order valence-electron chi connectivity index (χ1n) is 3.13. The number of benzene rings is 1. The van der Waals surface area contributed by atoms with Crippen LogP contribution < -0.4 is 5.90 Å². The van der Waals surface area contributed by atoms with Crippen molar-refractivity contribution in [3.63, 3.8) is 0 Å². The predicted octanol–water partition coefficient (Wildman–Crippen LogP) is -0.323. The lowest BCUT2D eigenvalue weighted by molar-refractivity contribution is 0.332. The molecule has 0 radical (unpaired) electrons. The van der Waals surface area contributed by atoms with Crippen LogP contribution in [0.5, 0.6) is 11.5 Å². The van der Waals surface area contributed by atoms with Gasteiger partial charge in [-0.1, -0.05) is 0 Å². The average Bonchev–Trinajstić information content (AvgIpc) is 2.09. The minimum absolute atomic E-state index is 0.328. The minimum Gasteiger partial charge on any atom is -0.504 e. The fraction of sp³-hybridized carbons (Fsp3) is 0. The molecule has 0 aromatic heterocycles. The van der Waals surface area contributed by atoms with E-state index < -0.39 is 21.6 Å². The molecule has 0 aliphatic rings. The molecule has 13 heavy (non-hydrogen) atoms. The molecule has 0 spiro atoms. The number of rotatable bonds is 2. The normalized spacial score (nSPS) is 11.5. The monoisotopic (exact) mass is 205 g/mol. The van der Waals surface area contributed by atoms with E-state index in [9.17, 15) is 8.42 Å². The lowest BCUT2D eigenvalue weighted by atomic mass is 10.3. The van der Waals surface area contributed by atoms with Crippen LogP contribution in [0.4, 0.5) is 0 Å². The van der Waals surface area contributed by atoms with Crippen LogP contribution in [0, 0.1) is 0 Å². The van der Waals surface area contributed by atoms with Gasteiger partial charge in [0.05, 0.1) is 4.90 Å². The van der Waals surface area contributed by atoms with E-state index in [1.165, 1.54) is 0 Å². The summed E-state index contributed by atoms with van der Waals surface area (Å²) in [6, 6.07) is 2.90. The van der Waals surface area contributed by atoms with Gasteiger partial charge in [0.15, 0.2) is 11.5 Å². The molecule has 0 saturated heterocycles. The van der Waals surface area contributed by atoms with E-state index in [1.807, 2.05) is 0 Å². The predicted molar refractivity (Wildman–Crippen MR) is 42.2 cm³/mol. The van der Waals surface area contributed by atoms with E-state index in [1.54, 1.807) is 0 Å². The number of aromatic hydroxyl groups is 2. The van der Waals surface area contributed by atoms with Gasteiger partial charge in [-0.25, -0.2) is 0 Å². The van der Waals surface area contributed by atoms with Gasteiger partial charge in [0.1, 0.15) is 0 Å². The summed E-state index contributed by atoms with van der Waals surface area (Å²) in [6.45, 7) is 0. The molecular formula is C6H7NO5S. The van der Waals surface area contributed by atoms with Crippen molar-refractivity contribution in [2.45, 2.75) is 4.90 Å². The topological polar surface area (TPSA) is 110 Å². The van der Waals surface area contributed by atoms with Crippen molar-refractivity contribution in [1.29, 1.82) is 0 Å². The fourth-order valence-electron chi connectivity index (χ4n) is 0.714. The summed E-state index contributed by atoms with van der Waals surface area (Å²) in [4.78, 5) is -0.328. The van der Waals surface area contributed by atoms with Gasteiger partial charge in [-0.3, -0.25) is 0 Å². The van der Waals surface area contributed by atoms with E-state index in [0.717, 1.165) is 18.2 Å². The molecule has 6 nitrogen and oxygen atoms in total. The third-order valence-corrected chi connectivity index (χ3v) is 2.45. The number of hydrogen-bond donors (Lipinski definition) is 3. The van der Waals surface area contributed by atoms with Gasteiger partial charge in [-0.05, 0) is 12.1 Å². The third-order valence-electron chi connectivity index (χ3n) is 1.36. The molecule has 4 N–H and O–H groups in total. The first kappa shape index (κ1) is 9.78. The van der Waals surface area contributed by atoms with Crippen LogP contribution in [0.2, 0.25) is 0 Å². The van der Waals surface area contributed by atoms with Gasteiger partial charge in [-0.2, -0.15) is 18.6 Å². The number of nitrogens with two attached hydrogens (primary N) is 1. The lowest BCUT2D eigenvalue weighted by Crippen LogP contribution is -2.10. The number of phenolic OH excluding ortho intramolecular Hbond substituents is 2. The van der Waals surface area contributed by atoms with E-state index in [-0.39, 0.29) is 4.90 Å². The Morgan fingerprint density at radius 2 is 1.85 bits per heavy atom. The van der Waals surface area contributed by atoms with E-state index in [4.69, 9.17) is 10.2 Å². The summed E-state index contributed by atoms with van der Waals surface area (Å²) < 4.78 is 25.5. The number of phenols is 2. The van der Waals surface area contributed by atoms with Gasteiger partial charge in [-0.15, -0.1) is 0 Å². The SMILES string of the molecule is NOS(=O)(=O)c1ccc(O)c(O)c1. The minimum atomic E-state index is -4.03. The van der Waals surface area contributed by atoms with Crippen molar-refractivity contribution in [3.05, 3.63) is 18.2 Å². The second-order valence-corrected chi connectivity index (χ2v) is 3.77. The maximum atomic E-state index is 10.9. The lowest BCUT2D eigenvalue weighted by Gasteiger charge is -2.01. The van der Waals surface area contributed by atoms with Crippen molar-refractivity contribution in [2.75, 3.05) is 0 Å². The molecule has 72 valence electrons. The largest absolute Gasteiger partial charge is 0.504 e. The van der Waals surface area contributed by atoms with E-state index >= 15 is 0 Å². The maximum Gasteiger partial charge on any atom is 0.312 e. The Balaban J connectivity index is 3.27. The Labute approximate surface area is 74.3 Å². The molecule has 0 amide bonds. The highest BCUT2D eigenvalue weighted by Crippen LogP contribution is 2.27. The van der Waals surface area contributed by atoms with Crippen LogP contribution in [0.1, 0.15) is 0 Å². The highest BCUT2D eigenvalue weighted by atomic mass is 32.2. The van der Waals surface area contributed by atoms with Crippen molar-refractivity contribution in [3.8, 4) is 11.5 Å². The third kappa shape index (κ3) is 1.89. The van der Waals surface area contributed by atoms with Gasteiger partial charge in [0.2, 0.25) is 0 Å². The Morgan fingerprint density at radius 3 is 2.31 bits per heavy atom. The summed E-state index contributed by atoms with van der Waals surface area (Å²) in [5.41, 5.74) is 0. The molecule has 0 saturated carbocycles. The van der Waals surface area contributed by atoms with Crippen molar-refractivity contribution < 1.29 is 22.9 Å². The molecule has 0 unspecified atom stereocenters. The van der Waals surface area contributed by atoms with Gasteiger partial charge >= 0.3 is 10.1 Å². The second kappa shape index (κ2) is 3.21. The summed E-state index contributed by atoms with van der Waals surface area (Å²) in [6.07, 6.45) is 0. The first-order valence-corrected chi connectivity index (χ1v) is 4.53. The molecule has 0 bridgehead atoms. The van der Waals surface area contributed by atoms with Crippen molar-refractivity contribution in [1.82, 2.24) is 0 Å². The first-order chi connectivity index (χ1) is 5.97. The average molecular weight is 205 g/mol. The smallest absolute Gasteiger partial charge is 0.312 e. The molecule has 1 aromatic carbocycles. The molecule has 0 atom stereocenters. The quantitative estimate of drug-likeness (QED) is 0.450. The second-order valence-electron chi connectivity index (χ2n) is 2.20. The van der Waals surface area contributed by atoms with Crippen LogP contribution in [0.25, 0.3) is 0 Å². The van der Waals surface area contributed by atoms with Crippen molar-refractivity contribution in [2.24, 2.45) is 5.90 Å². The van der Waals surface area contributed by atoms with Crippen LogP contribution in [-0.2, 0) is 14.4 Å². The van der Waals surface area contributed by atoms with Gasteiger partial charge in [0.25, 0.3) is 0 Å². The Kier molecular flexibility index (Phi) is 2.41. The highest BCUT2D eigenvalue weighted by molar-refractivity contribution is 7.86. The summed E-state index contributed by atoms with van der Waals surface area (Å²) in [7, 11) is -4.03. The van der Waals surface area contributed by atoms with Crippen LogP contribution >= 0.6 is 0 Å². The molecule has 0 aliphatic carbocycles. The molecule has 7 heteroatoms. The molecule has 0 heterocycles. The van der Waals surface area contributed by atoms with Gasteiger partial charge in [0, 0.05) is 6.07 Å². The molecule has 1 aromatic rings. The van der Waals surface area contributed by atoms with Crippen LogP contribution in [0.15, 0.2) is 23.1 Å². The maximum absolute atomic E-state index is 10.9. The summed E-state index contributed by atoms with van der Waals surface area (Å²) >= 11 is 0. The molecule has 0 fully saturated rings. The highest BCUT2D eigenvalue weighted by Gasteiger charge is 2.15. The van der Waals surface area contributed by atoms with E-state index in [2.05, 4.69) is 10.2 Å². The zero-order chi connectivity index (χ0) is 10.1. The standard InChI is InChI=1S/C6H7NO5S/c7-12-13(10,11)4-1-2-5(8)6(9)3-4/h1-3,8-9H,7H2. The van der Waals surface area contributed by atoms with Gasteiger partial charge < -0.3 is 10.2 Å². The molecule has 0 aliphatic heterocycles. The zero-order valence-corrected chi connectivity index (χ0v) is 7.15. The Hall–Kier alpha value is -1.31. The number of hydrogen-bond acceptors (Lipinski definition) is 6. The summed E-state index contributed by atoms with van der Waals surface area (Å²) in [5.74, 6) is 3.52.